The van der Waals surface area contributed by atoms with Crippen molar-refractivity contribution < 1.29 is 19.4 Å². The molecule has 2 rings (SSSR count). The maximum atomic E-state index is 11.8. The number of carboxylic acids is 1. The van der Waals surface area contributed by atoms with Gasteiger partial charge >= 0.3 is 12.1 Å². The van der Waals surface area contributed by atoms with Gasteiger partial charge in [-0.25, -0.2) is 9.59 Å². The van der Waals surface area contributed by atoms with Crippen LogP contribution in [0.2, 0.25) is 5.02 Å². The monoisotopic (exact) mass is 375 g/mol. The fourth-order valence-electron chi connectivity index (χ4n) is 2.36. The first-order valence-electron chi connectivity index (χ1n) is 8.21. The van der Waals surface area contributed by atoms with Gasteiger partial charge in [-0.3, -0.25) is 0 Å². The molecular weight excluding hydrogens is 354 g/mol. The number of hydrogen-bond acceptors (Lipinski definition) is 3. The van der Waals surface area contributed by atoms with Crippen molar-refractivity contribution in [3.63, 3.8) is 0 Å². The second-order valence-corrected chi connectivity index (χ2v) is 7.38. The molecule has 0 bridgehead atoms. The van der Waals surface area contributed by atoms with Gasteiger partial charge in [0.15, 0.2) is 0 Å². The van der Waals surface area contributed by atoms with Crippen LogP contribution in [0.1, 0.15) is 26.3 Å². The van der Waals surface area contributed by atoms with Crippen molar-refractivity contribution in [3.8, 4) is 11.1 Å². The normalized spacial score (nSPS) is 12.3. The average molecular weight is 376 g/mol. The molecule has 0 heterocycles. The maximum absolute atomic E-state index is 11.8. The molecule has 2 N–H and O–H groups in total. The third-order valence-electron chi connectivity index (χ3n) is 3.56. The van der Waals surface area contributed by atoms with Crippen molar-refractivity contribution in [2.45, 2.75) is 38.8 Å². The molecule has 0 spiro atoms. The van der Waals surface area contributed by atoms with E-state index in [1.165, 1.54) is 0 Å². The minimum Gasteiger partial charge on any atom is -0.480 e. The standard InChI is InChI=1S/C20H22ClNO4/c1-20(2,3)26-19(25)22-17(18(23)24)12-13-4-6-14(7-5-13)15-8-10-16(21)11-9-15/h4-11,17H,12H2,1-3H3,(H,22,25)(H,23,24)/t17-/m1/s1. The summed E-state index contributed by atoms with van der Waals surface area (Å²) in [5.41, 5.74) is 2.12. The summed E-state index contributed by atoms with van der Waals surface area (Å²) in [5.74, 6) is -1.11. The van der Waals surface area contributed by atoms with E-state index >= 15 is 0 Å². The number of halogens is 1. The maximum Gasteiger partial charge on any atom is 0.408 e. The zero-order chi connectivity index (χ0) is 19.3. The highest BCUT2D eigenvalue weighted by Crippen LogP contribution is 2.22. The lowest BCUT2D eigenvalue weighted by Gasteiger charge is -2.22. The van der Waals surface area contributed by atoms with Crippen LogP contribution in [-0.2, 0) is 16.0 Å². The van der Waals surface area contributed by atoms with Gasteiger partial charge in [0, 0.05) is 11.4 Å². The zero-order valence-corrected chi connectivity index (χ0v) is 15.7. The number of hydrogen-bond donors (Lipinski definition) is 2. The molecule has 6 heteroatoms. The van der Waals surface area contributed by atoms with Crippen molar-refractivity contribution in [1.29, 1.82) is 0 Å². The van der Waals surface area contributed by atoms with Gasteiger partial charge < -0.3 is 15.2 Å². The van der Waals surface area contributed by atoms with Crippen LogP contribution in [-0.4, -0.2) is 28.8 Å². The third kappa shape index (κ3) is 6.08. The van der Waals surface area contributed by atoms with Gasteiger partial charge in [0.05, 0.1) is 0 Å². The summed E-state index contributed by atoms with van der Waals surface area (Å²) in [7, 11) is 0. The molecule has 0 aliphatic rings. The van der Waals surface area contributed by atoms with Gasteiger partial charge in [-0.05, 0) is 49.6 Å². The van der Waals surface area contributed by atoms with Crippen LogP contribution >= 0.6 is 11.6 Å². The molecule has 0 aliphatic carbocycles. The first kappa shape index (κ1) is 19.8. The van der Waals surface area contributed by atoms with Crippen LogP contribution in [0.3, 0.4) is 0 Å². The second-order valence-electron chi connectivity index (χ2n) is 6.94. The Morgan fingerprint density at radius 2 is 1.54 bits per heavy atom. The van der Waals surface area contributed by atoms with Crippen LogP contribution in [0.15, 0.2) is 48.5 Å². The van der Waals surface area contributed by atoms with Crippen LogP contribution in [0.25, 0.3) is 11.1 Å². The van der Waals surface area contributed by atoms with E-state index in [1.54, 1.807) is 20.8 Å². The van der Waals surface area contributed by atoms with Crippen LogP contribution in [0, 0.1) is 0 Å². The quantitative estimate of drug-likeness (QED) is 0.805. The predicted molar refractivity (Wildman–Crippen MR) is 101 cm³/mol. The fourth-order valence-corrected chi connectivity index (χ4v) is 2.49. The topological polar surface area (TPSA) is 75.6 Å². The number of carbonyl (C=O) groups excluding carboxylic acids is 1. The molecule has 1 atom stereocenters. The summed E-state index contributed by atoms with van der Waals surface area (Å²) in [4.78, 5) is 23.3. The molecule has 0 aromatic heterocycles. The molecule has 0 unspecified atom stereocenters. The molecule has 2 aromatic carbocycles. The highest BCUT2D eigenvalue weighted by molar-refractivity contribution is 6.30. The molecule has 5 nitrogen and oxygen atoms in total. The number of amides is 1. The summed E-state index contributed by atoms with van der Waals surface area (Å²) >= 11 is 5.89. The Kier molecular flexibility index (Phi) is 6.27. The van der Waals surface area contributed by atoms with Crippen LogP contribution in [0.4, 0.5) is 4.79 Å². The van der Waals surface area contributed by atoms with Crippen molar-refractivity contribution in [2.75, 3.05) is 0 Å². The van der Waals surface area contributed by atoms with Crippen molar-refractivity contribution >= 4 is 23.7 Å². The molecule has 1 amide bonds. The van der Waals surface area contributed by atoms with E-state index in [0.717, 1.165) is 16.7 Å². The van der Waals surface area contributed by atoms with Crippen LogP contribution in [0.5, 0.6) is 0 Å². The Morgan fingerprint density at radius 1 is 1.04 bits per heavy atom. The Bertz CT molecular complexity index is 764. The van der Waals surface area contributed by atoms with E-state index in [4.69, 9.17) is 16.3 Å². The fraction of sp³-hybridized carbons (Fsp3) is 0.300. The van der Waals surface area contributed by atoms with Gasteiger partial charge in [0.2, 0.25) is 0 Å². The number of carbonyl (C=O) groups is 2. The van der Waals surface area contributed by atoms with E-state index < -0.39 is 23.7 Å². The number of rotatable bonds is 5. The minimum absolute atomic E-state index is 0.162. The number of nitrogens with one attached hydrogen (secondary N) is 1. The third-order valence-corrected chi connectivity index (χ3v) is 3.81. The van der Waals surface area contributed by atoms with Gasteiger partial charge in [-0.15, -0.1) is 0 Å². The molecule has 26 heavy (non-hydrogen) atoms. The van der Waals surface area contributed by atoms with E-state index in [9.17, 15) is 14.7 Å². The zero-order valence-electron chi connectivity index (χ0n) is 15.0. The average Bonchev–Trinajstić information content (AvgIpc) is 2.54. The SMILES string of the molecule is CC(C)(C)OC(=O)N[C@H](Cc1ccc(-c2ccc(Cl)cc2)cc1)C(=O)O. The van der Waals surface area contributed by atoms with Gasteiger partial charge in [0.1, 0.15) is 11.6 Å². The van der Waals surface area contributed by atoms with Crippen LogP contribution < -0.4 is 5.32 Å². The molecule has 2 aromatic rings. The van der Waals surface area contributed by atoms with Crippen molar-refractivity contribution in [2.24, 2.45) is 0 Å². The minimum atomic E-state index is -1.11. The summed E-state index contributed by atoms with van der Waals surface area (Å²) < 4.78 is 5.12. The number of aliphatic carboxylic acids is 1. The molecular formula is C20H22ClNO4. The second kappa shape index (κ2) is 8.23. The van der Waals surface area contributed by atoms with E-state index in [-0.39, 0.29) is 6.42 Å². The molecule has 0 saturated heterocycles. The first-order valence-corrected chi connectivity index (χ1v) is 8.59. The van der Waals surface area contributed by atoms with E-state index in [2.05, 4.69) is 5.32 Å². The summed E-state index contributed by atoms with van der Waals surface area (Å²) in [6.45, 7) is 5.16. The number of benzene rings is 2. The lowest BCUT2D eigenvalue weighted by atomic mass is 10.0. The van der Waals surface area contributed by atoms with Gasteiger partial charge in [-0.2, -0.15) is 0 Å². The Labute approximate surface area is 157 Å². The molecule has 138 valence electrons. The lowest BCUT2D eigenvalue weighted by molar-refractivity contribution is -0.139. The largest absolute Gasteiger partial charge is 0.480 e. The lowest BCUT2D eigenvalue weighted by Crippen LogP contribution is -2.44. The molecule has 0 saturated carbocycles. The number of carboxylic acid groups (broad SMARTS) is 1. The summed E-state index contributed by atoms with van der Waals surface area (Å²) in [5, 5.41) is 12.4. The summed E-state index contributed by atoms with van der Waals surface area (Å²) in [6, 6.07) is 13.9. The van der Waals surface area contributed by atoms with E-state index in [0.29, 0.717) is 5.02 Å². The Balaban J connectivity index is 2.06. The highest BCUT2D eigenvalue weighted by atomic mass is 35.5. The van der Waals surface area contributed by atoms with Gasteiger partial charge in [0.25, 0.3) is 0 Å². The number of ether oxygens (including phenoxy) is 1. The van der Waals surface area contributed by atoms with Gasteiger partial charge in [-0.1, -0.05) is 48.0 Å². The molecule has 0 radical (unpaired) electrons. The molecule has 0 fully saturated rings. The molecule has 0 aliphatic heterocycles. The Morgan fingerprint density at radius 3 is 2.00 bits per heavy atom. The van der Waals surface area contributed by atoms with E-state index in [1.807, 2.05) is 48.5 Å². The van der Waals surface area contributed by atoms with Crippen molar-refractivity contribution in [3.05, 3.63) is 59.1 Å². The highest BCUT2D eigenvalue weighted by Gasteiger charge is 2.24. The van der Waals surface area contributed by atoms with Crippen molar-refractivity contribution in [1.82, 2.24) is 5.32 Å². The first-order chi connectivity index (χ1) is 12.1. The predicted octanol–water partition coefficient (Wildman–Crippen LogP) is 4.53. The smallest absolute Gasteiger partial charge is 0.408 e. The summed E-state index contributed by atoms with van der Waals surface area (Å²) in [6.07, 6.45) is -0.585. The number of alkyl carbamates (subject to hydrolysis) is 1. The Hall–Kier alpha value is -2.53.